The Morgan fingerprint density at radius 2 is 1.89 bits per heavy atom. The zero-order chi connectivity index (χ0) is 14.0. The van der Waals surface area contributed by atoms with Crippen molar-refractivity contribution in [3.05, 3.63) is 46.3 Å². The maximum atomic E-state index is 6.10. The molecular formula is C14H16Cl2N2O. The van der Waals surface area contributed by atoms with E-state index in [1.165, 1.54) is 0 Å². The highest BCUT2D eigenvalue weighted by molar-refractivity contribution is 6.37. The van der Waals surface area contributed by atoms with E-state index < -0.39 is 0 Å². The van der Waals surface area contributed by atoms with Gasteiger partial charge < -0.3 is 15.4 Å². The van der Waals surface area contributed by atoms with Crippen LogP contribution < -0.4 is 10.5 Å². The van der Waals surface area contributed by atoms with E-state index in [0.29, 0.717) is 33.3 Å². The predicted molar refractivity (Wildman–Crippen MR) is 80.6 cm³/mol. The molecule has 1 aliphatic heterocycles. The number of nitrogens with two attached hydrogens (primary N) is 1. The Morgan fingerprint density at radius 3 is 2.47 bits per heavy atom. The molecular weight excluding hydrogens is 283 g/mol. The van der Waals surface area contributed by atoms with Crippen molar-refractivity contribution in [2.45, 2.75) is 19.9 Å². The SMILES string of the molecule is CC(C)N1C=C(Oc2c(Cl)cc(N)cc2Cl)C=CC1. The molecule has 0 radical (unpaired) electrons. The number of hydrogen-bond acceptors (Lipinski definition) is 3. The first-order chi connectivity index (χ1) is 8.97. The van der Waals surface area contributed by atoms with Crippen LogP contribution in [0.2, 0.25) is 10.0 Å². The van der Waals surface area contributed by atoms with E-state index in [9.17, 15) is 0 Å². The lowest BCUT2D eigenvalue weighted by atomic mass is 10.2. The standard InChI is InChI=1S/C14H16Cl2N2O/c1-9(2)18-5-3-4-11(8-18)19-14-12(15)6-10(17)7-13(14)16/h3-4,6-9H,5,17H2,1-2H3. The molecule has 0 aliphatic carbocycles. The molecule has 1 aromatic rings. The summed E-state index contributed by atoms with van der Waals surface area (Å²) in [5, 5.41) is 0.807. The molecule has 3 nitrogen and oxygen atoms in total. The molecule has 0 amide bonds. The summed E-state index contributed by atoms with van der Waals surface area (Å²) in [5.41, 5.74) is 6.18. The highest BCUT2D eigenvalue weighted by atomic mass is 35.5. The lowest BCUT2D eigenvalue weighted by Gasteiger charge is -2.27. The van der Waals surface area contributed by atoms with E-state index >= 15 is 0 Å². The summed E-state index contributed by atoms with van der Waals surface area (Å²) in [5.74, 6) is 1.13. The fraction of sp³-hybridized carbons (Fsp3) is 0.286. The number of hydrogen-bond donors (Lipinski definition) is 1. The van der Waals surface area contributed by atoms with Crippen LogP contribution in [0.25, 0.3) is 0 Å². The molecule has 0 aromatic heterocycles. The Balaban J connectivity index is 2.24. The second-order valence-corrected chi connectivity index (χ2v) is 5.45. The van der Waals surface area contributed by atoms with Crippen molar-refractivity contribution in [2.75, 3.05) is 12.3 Å². The van der Waals surface area contributed by atoms with Gasteiger partial charge in [0.05, 0.1) is 10.0 Å². The van der Waals surface area contributed by atoms with E-state index in [-0.39, 0.29) is 0 Å². The van der Waals surface area contributed by atoms with Crippen LogP contribution in [-0.4, -0.2) is 17.5 Å². The van der Waals surface area contributed by atoms with Crippen LogP contribution in [0.15, 0.2) is 36.2 Å². The van der Waals surface area contributed by atoms with Crippen molar-refractivity contribution in [1.29, 1.82) is 0 Å². The maximum absolute atomic E-state index is 6.10. The van der Waals surface area contributed by atoms with Crippen molar-refractivity contribution in [3.8, 4) is 5.75 Å². The largest absolute Gasteiger partial charge is 0.453 e. The van der Waals surface area contributed by atoms with E-state index in [1.807, 2.05) is 18.4 Å². The molecule has 0 atom stereocenters. The number of nitrogens with zero attached hydrogens (tertiary/aromatic N) is 1. The summed E-state index contributed by atoms with van der Waals surface area (Å²) in [6, 6.07) is 3.65. The number of benzene rings is 1. The van der Waals surface area contributed by atoms with Crippen molar-refractivity contribution in [2.24, 2.45) is 0 Å². The third-order valence-electron chi connectivity index (χ3n) is 2.80. The van der Waals surface area contributed by atoms with E-state index in [4.69, 9.17) is 33.7 Å². The molecule has 0 saturated heterocycles. The van der Waals surface area contributed by atoms with Gasteiger partial charge in [-0.3, -0.25) is 0 Å². The minimum atomic E-state index is 0.404. The molecule has 2 rings (SSSR count). The molecule has 1 heterocycles. The summed E-state index contributed by atoms with van der Waals surface area (Å²) in [4.78, 5) is 2.16. The van der Waals surface area contributed by atoms with Crippen molar-refractivity contribution >= 4 is 28.9 Å². The van der Waals surface area contributed by atoms with Gasteiger partial charge in [0.2, 0.25) is 0 Å². The highest BCUT2D eigenvalue weighted by Crippen LogP contribution is 2.36. The fourth-order valence-electron chi connectivity index (χ4n) is 1.76. The number of allylic oxidation sites excluding steroid dienone is 1. The summed E-state index contributed by atoms with van der Waals surface area (Å²) in [6.07, 6.45) is 5.89. The average Bonchev–Trinajstić information content (AvgIpc) is 2.34. The molecule has 0 fully saturated rings. The summed E-state index contributed by atoms with van der Waals surface area (Å²) >= 11 is 12.2. The molecule has 5 heteroatoms. The van der Waals surface area contributed by atoms with Crippen molar-refractivity contribution in [1.82, 2.24) is 4.90 Å². The van der Waals surface area contributed by atoms with E-state index in [2.05, 4.69) is 18.7 Å². The topological polar surface area (TPSA) is 38.5 Å². The zero-order valence-electron chi connectivity index (χ0n) is 10.9. The molecule has 2 N–H and O–H groups in total. The molecule has 19 heavy (non-hydrogen) atoms. The van der Waals surface area contributed by atoms with Crippen LogP contribution in [0.5, 0.6) is 5.75 Å². The van der Waals surface area contributed by atoms with Gasteiger partial charge in [-0.2, -0.15) is 0 Å². The van der Waals surface area contributed by atoms with Gasteiger partial charge in [0.1, 0.15) is 5.76 Å². The second kappa shape index (κ2) is 5.76. The van der Waals surface area contributed by atoms with Gasteiger partial charge in [-0.05, 0) is 32.1 Å². The average molecular weight is 299 g/mol. The van der Waals surface area contributed by atoms with Gasteiger partial charge in [0.25, 0.3) is 0 Å². The predicted octanol–water partition coefficient (Wildman–Crippen LogP) is 4.08. The Kier molecular flexibility index (Phi) is 4.27. The normalized spacial score (nSPS) is 14.8. The zero-order valence-corrected chi connectivity index (χ0v) is 12.4. The number of anilines is 1. The van der Waals surface area contributed by atoms with Crippen LogP contribution in [0.4, 0.5) is 5.69 Å². The first-order valence-corrected chi connectivity index (χ1v) is 6.79. The van der Waals surface area contributed by atoms with Crippen LogP contribution in [0, 0.1) is 0 Å². The maximum Gasteiger partial charge on any atom is 0.164 e. The Hall–Kier alpha value is -1.32. The minimum absolute atomic E-state index is 0.404. The monoisotopic (exact) mass is 298 g/mol. The summed E-state index contributed by atoms with van der Waals surface area (Å²) in [6.45, 7) is 5.11. The number of ether oxygens (including phenoxy) is 1. The Bertz CT molecular complexity index is 515. The lowest BCUT2D eigenvalue weighted by molar-refractivity contribution is 0.314. The van der Waals surface area contributed by atoms with Crippen molar-refractivity contribution < 1.29 is 4.74 Å². The van der Waals surface area contributed by atoms with E-state index in [0.717, 1.165) is 6.54 Å². The molecule has 1 aromatic carbocycles. The number of halogens is 2. The lowest BCUT2D eigenvalue weighted by Crippen LogP contribution is -2.28. The van der Waals surface area contributed by atoms with E-state index in [1.54, 1.807) is 12.1 Å². The fourth-order valence-corrected chi connectivity index (χ4v) is 2.35. The van der Waals surface area contributed by atoms with Crippen LogP contribution in [0.1, 0.15) is 13.8 Å². The molecule has 102 valence electrons. The molecule has 0 unspecified atom stereocenters. The molecule has 0 spiro atoms. The molecule has 1 aliphatic rings. The molecule has 0 bridgehead atoms. The molecule has 0 saturated carbocycles. The van der Waals surface area contributed by atoms with Gasteiger partial charge >= 0.3 is 0 Å². The van der Waals surface area contributed by atoms with Crippen molar-refractivity contribution in [3.63, 3.8) is 0 Å². The Morgan fingerprint density at radius 1 is 1.26 bits per heavy atom. The van der Waals surface area contributed by atoms with Gasteiger partial charge in [-0.25, -0.2) is 0 Å². The first-order valence-electron chi connectivity index (χ1n) is 6.04. The van der Waals surface area contributed by atoms with Gasteiger partial charge in [0, 0.05) is 24.5 Å². The van der Waals surface area contributed by atoms with Gasteiger partial charge in [-0.15, -0.1) is 0 Å². The second-order valence-electron chi connectivity index (χ2n) is 4.64. The number of rotatable bonds is 3. The Labute approximate surface area is 123 Å². The first kappa shape index (κ1) is 14.1. The van der Waals surface area contributed by atoms with Gasteiger partial charge in [0.15, 0.2) is 5.75 Å². The quantitative estimate of drug-likeness (QED) is 0.855. The highest BCUT2D eigenvalue weighted by Gasteiger charge is 2.14. The van der Waals surface area contributed by atoms with Gasteiger partial charge in [-0.1, -0.05) is 29.3 Å². The van der Waals surface area contributed by atoms with Crippen LogP contribution in [-0.2, 0) is 0 Å². The number of nitrogen functional groups attached to an aromatic ring is 1. The summed E-state index contributed by atoms with van der Waals surface area (Å²) < 4.78 is 5.77. The third kappa shape index (κ3) is 3.37. The third-order valence-corrected chi connectivity index (χ3v) is 3.36. The minimum Gasteiger partial charge on any atom is -0.453 e. The van der Waals surface area contributed by atoms with Crippen LogP contribution >= 0.6 is 23.2 Å². The smallest absolute Gasteiger partial charge is 0.164 e. The summed E-state index contributed by atoms with van der Waals surface area (Å²) in [7, 11) is 0. The van der Waals surface area contributed by atoms with Crippen LogP contribution in [0.3, 0.4) is 0 Å².